The van der Waals surface area contributed by atoms with E-state index < -0.39 is 14.9 Å². The van der Waals surface area contributed by atoms with Crippen molar-refractivity contribution in [3.8, 4) is 11.5 Å². The fraction of sp³-hybridized carbons (Fsp3) is 0.294. The van der Waals surface area contributed by atoms with Crippen LogP contribution in [0.2, 0.25) is 5.02 Å². The summed E-state index contributed by atoms with van der Waals surface area (Å²) in [5, 5.41) is 11.2. The number of hydrogen-bond donors (Lipinski definition) is 0. The highest BCUT2D eigenvalue weighted by atomic mass is 35.5. The molecule has 144 valence electrons. The Bertz CT molecular complexity index is 1010. The number of benzene rings is 2. The van der Waals surface area contributed by atoms with Crippen molar-refractivity contribution >= 4 is 27.3 Å². The Labute approximate surface area is 161 Å². The summed E-state index contributed by atoms with van der Waals surface area (Å²) in [5.74, 6) is 1.15. The zero-order valence-electron chi connectivity index (χ0n) is 14.6. The van der Waals surface area contributed by atoms with Crippen LogP contribution in [-0.2, 0) is 16.6 Å². The van der Waals surface area contributed by atoms with Gasteiger partial charge in [0.2, 0.25) is 16.8 Å². The fourth-order valence-electron chi connectivity index (χ4n) is 2.74. The zero-order valence-corrected chi connectivity index (χ0v) is 16.2. The van der Waals surface area contributed by atoms with E-state index in [1.165, 1.54) is 17.3 Å². The number of ether oxygens (including phenoxy) is 2. The highest BCUT2D eigenvalue weighted by molar-refractivity contribution is 7.89. The van der Waals surface area contributed by atoms with Gasteiger partial charge in [0.05, 0.1) is 14.8 Å². The molecule has 0 amide bonds. The van der Waals surface area contributed by atoms with Gasteiger partial charge in [0.15, 0.2) is 11.5 Å². The molecule has 0 aromatic heterocycles. The van der Waals surface area contributed by atoms with Crippen molar-refractivity contribution in [2.75, 3.05) is 13.3 Å². The molecule has 2 aromatic rings. The Morgan fingerprint density at radius 1 is 1.22 bits per heavy atom. The molecule has 1 aliphatic heterocycles. The second-order valence-electron chi connectivity index (χ2n) is 5.93. The van der Waals surface area contributed by atoms with Gasteiger partial charge in [-0.1, -0.05) is 24.6 Å². The molecular weight excluding hydrogens is 396 g/mol. The lowest BCUT2D eigenvalue weighted by Gasteiger charge is -2.21. The average molecular weight is 413 g/mol. The van der Waals surface area contributed by atoms with Gasteiger partial charge in [-0.2, -0.15) is 4.31 Å². The van der Waals surface area contributed by atoms with Gasteiger partial charge < -0.3 is 9.47 Å². The fourth-order valence-corrected chi connectivity index (χ4v) is 4.50. The third kappa shape index (κ3) is 3.71. The lowest BCUT2D eigenvalue weighted by molar-refractivity contribution is -0.385. The summed E-state index contributed by atoms with van der Waals surface area (Å²) < 4.78 is 37.8. The van der Waals surface area contributed by atoms with Crippen molar-refractivity contribution in [1.82, 2.24) is 4.31 Å². The van der Waals surface area contributed by atoms with E-state index in [0.717, 1.165) is 6.07 Å². The van der Waals surface area contributed by atoms with Crippen LogP contribution in [-0.4, -0.2) is 31.0 Å². The van der Waals surface area contributed by atoms with Crippen LogP contribution in [0.25, 0.3) is 0 Å². The van der Waals surface area contributed by atoms with Crippen LogP contribution < -0.4 is 9.47 Å². The van der Waals surface area contributed by atoms with E-state index in [2.05, 4.69) is 0 Å². The molecule has 0 bridgehead atoms. The SMILES string of the molecule is CCN(Cc1ccc2c(c1)OCO2)S(=O)(=O)c1cc(Cl)c(C)c([N+](=O)[O-])c1. The van der Waals surface area contributed by atoms with Crippen LogP contribution in [0.3, 0.4) is 0 Å². The second kappa shape index (κ2) is 7.34. The largest absolute Gasteiger partial charge is 0.454 e. The van der Waals surface area contributed by atoms with Crippen LogP contribution in [0.5, 0.6) is 11.5 Å². The molecule has 1 heterocycles. The van der Waals surface area contributed by atoms with Crippen LogP contribution in [0.15, 0.2) is 35.2 Å². The standard InChI is InChI=1S/C17H17ClN2O6S/c1-3-19(9-12-4-5-16-17(6-12)26-10-25-16)27(23,24)13-7-14(18)11(2)15(8-13)20(21)22/h4-8H,3,9-10H2,1-2H3. The lowest BCUT2D eigenvalue weighted by Crippen LogP contribution is -2.30. The topological polar surface area (TPSA) is 99.0 Å². The molecule has 0 fully saturated rings. The van der Waals surface area contributed by atoms with Crippen LogP contribution in [0.4, 0.5) is 5.69 Å². The first-order chi connectivity index (χ1) is 12.7. The molecule has 27 heavy (non-hydrogen) atoms. The molecule has 0 unspecified atom stereocenters. The molecule has 0 atom stereocenters. The molecule has 0 radical (unpaired) electrons. The Morgan fingerprint density at radius 2 is 1.93 bits per heavy atom. The van der Waals surface area contributed by atoms with Gasteiger partial charge >= 0.3 is 0 Å². The van der Waals surface area contributed by atoms with Crippen molar-refractivity contribution in [2.45, 2.75) is 25.3 Å². The summed E-state index contributed by atoms with van der Waals surface area (Å²) in [4.78, 5) is 10.3. The van der Waals surface area contributed by atoms with E-state index in [-0.39, 0.29) is 41.1 Å². The molecule has 2 aromatic carbocycles. The molecule has 1 aliphatic rings. The molecule has 0 saturated heterocycles. The Balaban J connectivity index is 1.96. The highest BCUT2D eigenvalue weighted by Gasteiger charge is 2.28. The zero-order chi connectivity index (χ0) is 19.8. The van der Waals surface area contributed by atoms with Crippen molar-refractivity contribution < 1.29 is 22.8 Å². The minimum Gasteiger partial charge on any atom is -0.454 e. The van der Waals surface area contributed by atoms with E-state index in [0.29, 0.717) is 17.1 Å². The smallest absolute Gasteiger partial charge is 0.275 e. The first-order valence-electron chi connectivity index (χ1n) is 8.07. The maximum atomic E-state index is 13.0. The quantitative estimate of drug-likeness (QED) is 0.532. The second-order valence-corrected chi connectivity index (χ2v) is 8.27. The number of nitro groups is 1. The average Bonchev–Trinajstić information content (AvgIpc) is 3.08. The first-order valence-corrected chi connectivity index (χ1v) is 9.89. The van der Waals surface area contributed by atoms with Gasteiger partial charge in [-0.05, 0) is 30.7 Å². The minimum atomic E-state index is -3.99. The Hall–Kier alpha value is -2.36. The van der Waals surface area contributed by atoms with Crippen molar-refractivity contribution in [2.24, 2.45) is 0 Å². The molecule has 8 nitrogen and oxygen atoms in total. The molecule has 0 N–H and O–H groups in total. The third-order valence-electron chi connectivity index (χ3n) is 4.27. The van der Waals surface area contributed by atoms with Crippen LogP contribution in [0.1, 0.15) is 18.1 Å². The summed E-state index contributed by atoms with van der Waals surface area (Å²) >= 11 is 6.02. The number of nitrogens with zero attached hydrogens (tertiary/aromatic N) is 2. The van der Waals surface area contributed by atoms with Gasteiger partial charge in [0.1, 0.15) is 0 Å². The van der Waals surface area contributed by atoms with Crippen molar-refractivity contribution in [3.63, 3.8) is 0 Å². The van der Waals surface area contributed by atoms with Gasteiger partial charge in [-0.25, -0.2) is 8.42 Å². The predicted octanol–water partition coefficient (Wildman–Crippen LogP) is 3.50. The maximum absolute atomic E-state index is 13.0. The normalized spacial score (nSPS) is 13.2. The van der Waals surface area contributed by atoms with E-state index in [1.807, 2.05) is 0 Å². The molecule has 10 heteroatoms. The predicted molar refractivity (Wildman–Crippen MR) is 98.7 cm³/mol. The first kappa shape index (κ1) is 19.4. The lowest BCUT2D eigenvalue weighted by atomic mass is 10.2. The number of fused-ring (bicyclic) bond motifs is 1. The van der Waals surface area contributed by atoms with E-state index in [9.17, 15) is 18.5 Å². The van der Waals surface area contributed by atoms with Crippen molar-refractivity contribution in [1.29, 1.82) is 0 Å². The number of rotatable bonds is 6. The molecule has 0 aliphatic carbocycles. The van der Waals surface area contributed by atoms with E-state index >= 15 is 0 Å². The summed E-state index contributed by atoms with van der Waals surface area (Å²) in [5.41, 5.74) is 0.594. The Kier molecular flexibility index (Phi) is 5.27. The number of sulfonamides is 1. The molecule has 0 saturated carbocycles. The molecular formula is C17H17ClN2O6S. The van der Waals surface area contributed by atoms with Gasteiger partial charge in [0, 0.05) is 24.7 Å². The van der Waals surface area contributed by atoms with E-state index in [1.54, 1.807) is 25.1 Å². The number of nitro benzene ring substituents is 1. The van der Waals surface area contributed by atoms with Crippen molar-refractivity contribution in [3.05, 3.63) is 56.6 Å². The van der Waals surface area contributed by atoms with Crippen LogP contribution in [0, 0.1) is 17.0 Å². The minimum absolute atomic E-state index is 0.0295. The van der Waals surface area contributed by atoms with E-state index in [4.69, 9.17) is 21.1 Å². The monoisotopic (exact) mass is 412 g/mol. The summed E-state index contributed by atoms with van der Waals surface area (Å²) in [7, 11) is -3.99. The van der Waals surface area contributed by atoms with Gasteiger partial charge in [0.25, 0.3) is 5.69 Å². The van der Waals surface area contributed by atoms with Gasteiger partial charge in [-0.15, -0.1) is 0 Å². The molecule has 3 rings (SSSR count). The summed E-state index contributed by atoms with van der Waals surface area (Å²) in [6.45, 7) is 3.54. The number of hydrogen-bond acceptors (Lipinski definition) is 6. The summed E-state index contributed by atoms with van der Waals surface area (Å²) in [6.07, 6.45) is 0. The van der Waals surface area contributed by atoms with Gasteiger partial charge in [-0.3, -0.25) is 10.1 Å². The Morgan fingerprint density at radius 3 is 2.59 bits per heavy atom. The summed E-state index contributed by atoms with van der Waals surface area (Å²) in [6, 6.07) is 7.45. The van der Waals surface area contributed by atoms with Crippen LogP contribution >= 0.6 is 11.6 Å². The molecule has 0 spiro atoms. The maximum Gasteiger partial charge on any atom is 0.275 e. The highest BCUT2D eigenvalue weighted by Crippen LogP contribution is 2.34. The third-order valence-corrected chi connectivity index (χ3v) is 6.56. The number of halogens is 1.